The van der Waals surface area contributed by atoms with Crippen LogP contribution in [0.1, 0.15) is 15.9 Å². The summed E-state index contributed by atoms with van der Waals surface area (Å²) >= 11 is 5.07. The van der Waals surface area contributed by atoms with Crippen LogP contribution in [0.15, 0.2) is 17.0 Å². The van der Waals surface area contributed by atoms with E-state index in [2.05, 4.69) is 0 Å². The highest BCUT2D eigenvalue weighted by molar-refractivity contribution is 7.89. The Balaban J connectivity index is 3.58. The summed E-state index contributed by atoms with van der Waals surface area (Å²) in [6.45, 7) is 1.37. The van der Waals surface area contributed by atoms with Crippen LogP contribution in [0.2, 0.25) is 0 Å². The molecule has 0 aliphatic heterocycles. The number of primary sulfonamides is 1. The van der Waals surface area contributed by atoms with E-state index in [4.69, 9.17) is 16.7 Å². The molecule has 82 valence electrons. The Morgan fingerprint density at radius 2 is 2.00 bits per heavy atom. The number of nitrogens with two attached hydrogens (primary N) is 1. The minimum Gasteiger partial charge on any atom is -0.275 e. The van der Waals surface area contributed by atoms with E-state index in [-0.39, 0.29) is 10.5 Å². The molecule has 0 atom stereocenters. The first-order chi connectivity index (χ1) is 6.73. The Hall–Kier alpha value is -0.980. The highest BCUT2D eigenvalue weighted by atomic mass is 35.5. The summed E-state index contributed by atoms with van der Waals surface area (Å²) in [7, 11) is -3.98. The lowest BCUT2D eigenvalue weighted by Crippen LogP contribution is -2.15. The molecule has 0 bridgehead atoms. The normalized spacial score (nSPS) is 11.5. The number of benzene rings is 1. The van der Waals surface area contributed by atoms with Gasteiger partial charge in [0, 0.05) is 0 Å². The molecule has 1 rings (SSSR count). The number of sulfonamides is 1. The second-order valence-corrected chi connectivity index (χ2v) is 4.79. The van der Waals surface area contributed by atoms with Crippen molar-refractivity contribution in [3.05, 3.63) is 29.1 Å². The zero-order valence-electron chi connectivity index (χ0n) is 7.62. The third-order valence-electron chi connectivity index (χ3n) is 1.78. The van der Waals surface area contributed by atoms with Crippen LogP contribution in [-0.4, -0.2) is 13.7 Å². The summed E-state index contributed by atoms with van der Waals surface area (Å²) in [6, 6.07) is 1.73. The number of carbonyl (C=O) groups excluding carboxylic acids is 1. The summed E-state index contributed by atoms with van der Waals surface area (Å²) in [6.07, 6.45) is 0. The van der Waals surface area contributed by atoms with Crippen LogP contribution < -0.4 is 5.14 Å². The second-order valence-electron chi connectivity index (χ2n) is 2.92. The van der Waals surface area contributed by atoms with Crippen LogP contribution in [0.5, 0.6) is 0 Å². The van der Waals surface area contributed by atoms with Gasteiger partial charge in [-0.25, -0.2) is 17.9 Å². The summed E-state index contributed by atoms with van der Waals surface area (Å²) in [5.74, 6) is -0.875. The van der Waals surface area contributed by atoms with Gasteiger partial charge >= 0.3 is 0 Å². The third-order valence-corrected chi connectivity index (χ3v) is 3.04. The highest BCUT2D eigenvalue weighted by Crippen LogP contribution is 2.20. The molecule has 0 aliphatic carbocycles. The highest BCUT2D eigenvalue weighted by Gasteiger charge is 2.18. The van der Waals surface area contributed by atoms with Gasteiger partial charge < -0.3 is 0 Å². The van der Waals surface area contributed by atoms with Gasteiger partial charge in [-0.3, -0.25) is 4.79 Å². The van der Waals surface area contributed by atoms with Crippen LogP contribution in [0.3, 0.4) is 0 Å². The van der Waals surface area contributed by atoms with Gasteiger partial charge in [0.15, 0.2) is 0 Å². The number of carbonyl (C=O) groups is 1. The zero-order chi connectivity index (χ0) is 11.8. The lowest BCUT2D eigenvalue weighted by Gasteiger charge is -2.05. The fourth-order valence-corrected chi connectivity index (χ4v) is 2.04. The maximum Gasteiger partial charge on any atom is 0.255 e. The lowest BCUT2D eigenvalue weighted by molar-refractivity contribution is 0.107. The van der Waals surface area contributed by atoms with Gasteiger partial charge in [-0.2, -0.15) is 0 Å². The Bertz CT molecular complexity index is 527. The van der Waals surface area contributed by atoms with E-state index >= 15 is 0 Å². The van der Waals surface area contributed by atoms with Crippen molar-refractivity contribution in [3.8, 4) is 0 Å². The lowest BCUT2D eigenvalue weighted by atomic mass is 10.1. The van der Waals surface area contributed by atoms with E-state index < -0.39 is 26.6 Å². The number of aryl methyl sites for hydroxylation is 1. The van der Waals surface area contributed by atoms with Gasteiger partial charge in [0.05, 0.1) is 10.5 Å². The molecule has 1 aromatic carbocycles. The largest absolute Gasteiger partial charge is 0.275 e. The smallest absolute Gasteiger partial charge is 0.255 e. The monoisotopic (exact) mass is 251 g/mol. The molecule has 0 unspecified atom stereocenters. The van der Waals surface area contributed by atoms with Crippen LogP contribution in [0.4, 0.5) is 4.39 Å². The molecule has 0 radical (unpaired) electrons. The van der Waals surface area contributed by atoms with Crippen LogP contribution >= 0.6 is 11.6 Å². The quantitative estimate of drug-likeness (QED) is 0.802. The maximum atomic E-state index is 13.1. The average Bonchev–Trinajstić information content (AvgIpc) is 2.00. The van der Waals surface area contributed by atoms with E-state index in [1.54, 1.807) is 0 Å². The molecule has 0 heterocycles. The standard InChI is InChI=1S/C8H7ClFNO3S/c1-4-2-6(10)5(8(9)12)3-7(4)15(11,13)14/h2-3H,1H3,(H2,11,13,14). The van der Waals surface area contributed by atoms with E-state index in [0.29, 0.717) is 0 Å². The summed E-state index contributed by atoms with van der Waals surface area (Å²) in [5.41, 5.74) is -0.386. The second kappa shape index (κ2) is 3.88. The minimum absolute atomic E-state index is 0.122. The van der Waals surface area contributed by atoms with Crippen molar-refractivity contribution in [3.63, 3.8) is 0 Å². The average molecular weight is 252 g/mol. The number of halogens is 2. The van der Waals surface area contributed by atoms with Gasteiger partial charge in [0.25, 0.3) is 5.24 Å². The van der Waals surface area contributed by atoms with Crippen LogP contribution in [0.25, 0.3) is 0 Å². The topological polar surface area (TPSA) is 77.2 Å². The predicted molar refractivity (Wildman–Crippen MR) is 52.7 cm³/mol. The molecule has 2 N–H and O–H groups in total. The molecular weight excluding hydrogens is 245 g/mol. The molecule has 0 fully saturated rings. The van der Waals surface area contributed by atoms with E-state index in [0.717, 1.165) is 12.1 Å². The van der Waals surface area contributed by atoms with Gasteiger partial charge in [0.2, 0.25) is 10.0 Å². The molecule has 0 amide bonds. The maximum absolute atomic E-state index is 13.1. The Labute approximate surface area is 90.9 Å². The van der Waals surface area contributed by atoms with Crippen molar-refractivity contribution in [2.75, 3.05) is 0 Å². The van der Waals surface area contributed by atoms with Gasteiger partial charge in [-0.15, -0.1) is 0 Å². The molecule has 15 heavy (non-hydrogen) atoms. The van der Waals surface area contributed by atoms with Gasteiger partial charge in [-0.05, 0) is 36.2 Å². The first-order valence-electron chi connectivity index (χ1n) is 3.76. The number of rotatable bonds is 2. The molecule has 0 aromatic heterocycles. The van der Waals surface area contributed by atoms with Crippen molar-refractivity contribution in [2.24, 2.45) is 5.14 Å². The summed E-state index contributed by atoms with van der Waals surface area (Å²) in [4.78, 5) is 10.4. The molecule has 0 saturated carbocycles. The van der Waals surface area contributed by atoms with E-state index in [1.165, 1.54) is 6.92 Å². The first-order valence-corrected chi connectivity index (χ1v) is 5.68. The predicted octanol–water partition coefficient (Wildman–Crippen LogP) is 1.16. The molecule has 0 spiro atoms. The van der Waals surface area contributed by atoms with Crippen LogP contribution in [0, 0.1) is 12.7 Å². The minimum atomic E-state index is -3.98. The zero-order valence-corrected chi connectivity index (χ0v) is 9.19. The molecule has 0 aliphatic rings. The summed E-state index contributed by atoms with van der Waals surface area (Å²) < 4.78 is 35.2. The van der Waals surface area contributed by atoms with Gasteiger partial charge in [0.1, 0.15) is 5.82 Å². The molecule has 4 nitrogen and oxygen atoms in total. The van der Waals surface area contributed by atoms with E-state index in [9.17, 15) is 17.6 Å². The van der Waals surface area contributed by atoms with Crippen molar-refractivity contribution >= 4 is 26.9 Å². The van der Waals surface area contributed by atoms with Crippen LogP contribution in [-0.2, 0) is 10.0 Å². The molecule has 0 saturated heterocycles. The number of hydrogen-bond acceptors (Lipinski definition) is 3. The Morgan fingerprint density at radius 1 is 1.47 bits per heavy atom. The van der Waals surface area contributed by atoms with E-state index in [1.807, 2.05) is 0 Å². The third kappa shape index (κ3) is 2.53. The number of hydrogen-bond donors (Lipinski definition) is 1. The fourth-order valence-electron chi connectivity index (χ4n) is 1.11. The van der Waals surface area contributed by atoms with Gasteiger partial charge in [-0.1, -0.05) is 0 Å². The SMILES string of the molecule is Cc1cc(F)c(C(=O)Cl)cc1S(N)(=O)=O. The molecule has 7 heteroatoms. The first kappa shape index (κ1) is 12.1. The van der Waals surface area contributed by atoms with Crippen molar-refractivity contribution < 1.29 is 17.6 Å². The van der Waals surface area contributed by atoms with Crippen molar-refractivity contribution in [1.29, 1.82) is 0 Å². The molecule has 1 aromatic rings. The molecular formula is C8H7ClFNO3S. The Kier molecular flexibility index (Phi) is 3.13. The summed E-state index contributed by atoms with van der Waals surface area (Å²) in [5, 5.41) is 3.80. The fraction of sp³-hybridized carbons (Fsp3) is 0.125. The van der Waals surface area contributed by atoms with Crippen molar-refractivity contribution in [1.82, 2.24) is 0 Å². The Morgan fingerprint density at radius 3 is 2.40 bits per heavy atom. The van der Waals surface area contributed by atoms with Crippen molar-refractivity contribution in [2.45, 2.75) is 11.8 Å².